The Morgan fingerprint density at radius 1 is 1.30 bits per heavy atom. The summed E-state index contributed by atoms with van der Waals surface area (Å²) < 4.78 is 0. The standard InChI is InChI=1S/C13H12N4O4S2/c1-13(12(20)21,17-10(18)6-7-11(17)19)23-22-9-4-2-8(3-5-9)15-16-14/h2-5H,6-7H2,1H3,(H,20,21). The maximum atomic E-state index is 11.8. The van der Waals surface area contributed by atoms with Crippen LogP contribution in [0.5, 0.6) is 0 Å². The van der Waals surface area contributed by atoms with Gasteiger partial charge in [-0.15, -0.1) is 0 Å². The molecule has 0 saturated carbocycles. The first-order chi connectivity index (χ1) is 10.9. The van der Waals surface area contributed by atoms with Gasteiger partial charge < -0.3 is 5.11 Å². The number of benzene rings is 1. The Kier molecular flexibility index (Phi) is 5.19. The number of likely N-dealkylation sites (tertiary alicyclic amines) is 1. The van der Waals surface area contributed by atoms with Gasteiger partial charge in [-0.25, -0.2) is 4.79 Å². The predicted octanol–water partition coefficient (Wildman–Crippen LogP) is 3.32. The molecule has 1 saturated heterocycles. The van der Waals surface area contributed by atoms with Gasteiger partial charge in [-0.3, -0.25) is 14.5 Å². The minimum atomic E-state index is -1.68. The maximum absolute atomic E-state index is 11.8. The highest BCUT2D eigenvalue weighted by Gasteiger charge is 2.49. The molecule has 8 nitrogen and oxygen atoms in total. The van der Waals surface area contributed by atoms with E-state index in [0.29, 0.717) is 10.6 Å². The molecule has 1 aromatic rings. The molecule has 1 aliphatic rings. The number of nitrogens with zero attached hydrogens (tertiary/aromatic N) is 4. The second kappa shape index (κ2) is 6.95. The number of imide groups is 1. The van der Waals surface area contributed by atoms with E-state index >= 15 is 0 Å². The van der Waals surface area contributed by atoms with Crippen LogP contribution in [-0.2, 0) is 14.4 Å². The van der Waals surface area contributed by atoms with Crippen molar-refractivity contribution < 1.29 is 19.5 Å². The largest absolute Gasteiger partial charge is 0.479 e. The van der Waals surface area contributed by atoms with Crippen molar-refractivity contribution in [3.8, 4) is 0 Å². The molecule has 1 aromatic carbocycles. The first kappa shape index (κ1) is 17.2. The van der Waals surface area contributed by atoms with E-state index in [-0.39, 0.29) is 12.8 Å². The number of amides is 2. The minimum absolute atomic E-state index is 0.0355. The first-order valence-corrected chi connectivity index (χ1v) is 8.63. The van der Waals surface area contributed by atoms with Crippen LogP contribution in [0.15, 0.2) is 34.3 Å². The van der Waals surface area contributed by atoms with E-state index < -0.39 is 22.7 Å². The number of carboxylic acid groups (broad SMARTS) is 1. The third kappa shape index (κ3) is 3.61. The van der Waals surface area contributed by atoms with Crippen molar-refractivity contribution in [1.82, 2.24) is 4.90 Å². The average Bonchev–Trinajstić information content (AvgIpc) is 2.86. The van der Waals surface area contributed by atoms with Gasteiger partial charge in [-0.1, -0.05) is 28.0 Å². The number of aliphatic carboxylic acids is 1. The van der Waals surface area contributed by atoms with Crippen LogP contribution in [0.2, 0.25) is 0 Å². The summed E-state index contributed by atoms with van der Waals surface area (Å²) in [6.45, 7) is 1.34. The van der Waals surface area contributed by atoms with Crippen molar-refractivity contribution >= 4 is 45.1 Å². The van der Waals surface area contributed by atoms with Crippen LogP contribution in [0, 0.1) is 0 Å². The molecule has 0 radical (unpaired) electrons. The third-order valence-corrected chi connectivity index (χ3v) is 6.20. The zero-order valence-electron chi connectivity index (χ0n) is 12.0. The summed E-state index contributed by atoms with van der Waals surface area (Å²) in [6, 6.07) is 6.51. The van der Waals surface area contributed by atoms with E-state index in [2.05, 4.69) is 10.0 Å². The number of carbonyl (C=O) groups excluding carboxylic acids is 2. The van der Waals surface area contributed by atoms with Crippen LogP contribution < -0.4 is 0 Å². The smallest absolute Gasteiger partial charge is 0.341 e. The van der Waals surface area contributed by atoms with Crippen molar-refractivity contribution in [3.63, 3.8) is 0 Å². The van der Waals surface area contributed by atoms with Gasteiger partial charge in [0.05, 0.1) is 0 Å². The third-order valence-electron chi connectivity index (χ3n) is 3.17. The number of azide groups is 1. The lowest BCUT2D eigenvalue weighted by atomic mass is 10.3. The SMILES string of the molecule is CC(SSc1ccc(N=[N+]=[N-])cc1)(C(=O)O)N1C(=O)CCC1=O. The highest BCUT2D eigenvalue weighted by Crippen LogP contribution is 2.45. The molecule has 0 aliphatic carbocycles. The fourth-order valence-electron chi connectivity index (χ4n) is 1.97. The normalized spacial score (nSPS) is 16.8. The molecule has 2 rings (SSSR count). The Morgan fingerprint density at radius 2 is 1.87 bits per heavy atom. The number of carboxylic acids is 1. The van der Waals surface area contributed by atoms with Crippen LogP contribution in [-0.4, -0.2) is 32.7 Å². The molecule has 0 spiro atoms. The van der Waals surface area contributed by atoms with Gasteiger partial charge in [0.2, 0.25) is 16.7 Å². The minimum Gasteiger partial charge on any atom is -0.479 e. The Morgan fingerprint density at radius 3 is 2.35 bits per heavy atom. The molecule has 1 unspecified atom stereocenters. The second-order valence-electron chi connectivity index (χ2n) is 4.76. The monoisotopic (exact) mass is 352 g/mol. The molecule has 23 heavy (non-hydrogen) atoms. The van der Waals surface area contributed by atoms with Crippen molar-refractivity contribution in [2.45, 2.75) is 29.5 Å². The molecule has 0 bridgehead atoms. The zero-order chi connectivity index (χ0) is 17.0. The number of hydrogen-bond donors (Lipinski definition) is 1. The lowest BCUT2D eigenvalue weighted by Gasteiger charge is -2.31. The zero-order valence-corrected chi connectivity index (χ0v) is 13.6. The lowest BCUT2D eigenvalue weighted by Crippen LogP contribution is -2.52. The van der Waals surface area contributed by atoms with Crippen molar-refractivity contribution in [2.24, 2.45) is 5.11 Å². The van der Waals surface area contributed by atoms with E-state index in [1.165, 1.54) is 6.92 Å². The van der Waals surface area contributed by atoms with E-state index in [0.717, 1.165) is 26.5 Å². The Bertz CT molecular complexity index is 686. The molecule has 1 N–H and O–H groups in total. The van der Waals surface area contributed by atoms with E-state index in [1.54, 1.807) is 24.3 Å². The molecule has 0 aromatic heterocycles. The maximum Gasteiger partial charge on any atom is 0.341 e. The average molecular weight is 352 g/mol. The summed E-state index contributed by atoms with van der Waals surface area (Å²) in [6.07, 6.45) is 0.0710. The van der Waals surface area contributed by atoms with Crippen LogP contribution in [0.1, 0.15) is 19.8 Å². The number of rotatable bonds is 6. The fourth-order valence-corrected chi connectivity index (χ4v) is 4.37. The molecular formula is C13H12N4O4S2. The summed E-state index contributed by atoms with van der Waals surface area (Å²) in [7, 11) is 2.04. The number of carbonyl (C=O) groups is 3. The van der Waals surface area contributed by atoms with E-state index in [1.807, 2.05) is 0 Å². The van der Waals surface area contributed by atoms with Crippen LogP contribution in [0.4, 0.5) is 5.69 Å². The quantitative estimate of drug-likeness (QED) is 0.275. The summed E-state index contributed by atoms with van der Waals surface area (Å²) >= 11 is 0. The molecule has 2 amide bonds. The van der Waals surface area contributed by atoms with Gasteiger partial charge in [0.25, 0.3) is 0 Å². The predicted molar refractivity (Wildman–Crippen MR) is 85.8 cm³/mol. The Hall–Kier alpha value is -2.16. The van der Waals surface area contributed by atoms with E-state index in [9.17, 15) is 19.5 Å². The molecule has 1 heterocycles. The lowest BCUT2D eigenvalue weighted by molar-refractivity contribution is -0.155. The van der Waals surface area contributed by atoms with Crippen LogP contribution in [0.3, 0.4) is 0 Å². The molecule has 1 fully saturated rings. The molecular weight excluding hydrogens is 340 g/mol. The summed E-state index contributed by atoms with van der Waals surface area (Å²) in [4.78, 5) is 37.8. The highest BCUT2D eigenvalue weighted by molar-refractivity contribution is 8.77. The summed E-state index contributed by atoms with van der Waals surface area (Å²) in [5.41, 5.74) is 8.78. The molecule has 1 atom stereocenters. The van der Waals surface area contributed by atoms with Gasteiger partial charge in [0.1, 0.15) is 0 Å². The van der Waals surface area contributed by atoms with Crippen molar-refractivity contribution in [1.29, 1.82) is 0 Å². The van der Waals surface area contributed by atoms with Gasteiger partial charge in [-0.2, -0.15) is 0 Å². The van der Waals surface area contributed by atoms with Crippen molar-refractivity contribution in [3.05, 3.63) is 34.7 Å². The van der Waals surface area contributed by atoms with Gasteiger partial charge in [0.15, 0.2) is 0 Å². The van der Waals surface area contributed by atoms with Crippen LogP contribution in [0.25, 0.3) is 10.4 Å². The Balaban J connectivity index is 2.16. The second-order valence-corrected chi connectivity index (χ2v) is 7.36. The van der Waals surface area contributed by atoms with E-state index in [4.69, 9.17) is 5.53 Å². The van der Waals surface area contributed by atoms with Gasteiger partial charge in [-0.05, 0) is 35.4 Å². The number of hydrogen-bond acceptors (Lipinski definition) is 6. The molecule has 1 aliphatic heterocycles. The topological polar surface area (TPSA) is 123 Å². The van der Waals surface area contributed by atoms with Gasteiger partial charge >= 0.3 is 5.97 Å². The van der Waals surface area contributed by atoms with Crippen molar-refractivity contribution in [2.75, 3.05) is 0 Å². The highest BCUT2D eigenvalue weighted by atomic mass is 33.1. The summed E-state index contributed by atoms with van der Waals surface area (Å²) in [5.74, 6) is -2.22. The molecule has 10 heteroatoms. The summed E-state index contributed by atoms with van der Waals surface area (Å²) in [5, 5.41) is 12.9. The Labute approximate surface area is 139 Å². The fraction of sp³-hybridized carbons (Fsp3) is 0.308. The molecule has 120 valence electrons. The van der Waals surface area contributed by atoms with Gasteiger partial charge in [0, 0.05) is 28.3 Å². The first-order valence-electron chi connectivity index (χ1n) is 6.48. The van der Waals surface area contributed by atoms with Crippen LogP contribution >= 0.6 is 21.6 Å².